The SMILES string of the molecule is [B]C(C)[C@@H](C)C(=C)C[C@@](COC)(OC)[C@H](C)OC. The molecule has 2 radical (unpaired) electrons. The molecule has 0 amide bonds. The number of hydrogen-bond donors (Lipinski definition) is 0. The van der Waals surface area contributed by atoms with E-state index in [1.165, 1.54) is 0 Å². The summed E-state index contributed by atoms with van der Waals surface area (Å²) in [6.45, 7) is 10.6. The summed E-state index contributed by atoms with van der Waals surface area (Å²) in [6.07, 6.45) is 0.592. The van der Waals surface area contributed by atoms with Crippen molar-refractivity contribution in [2.45, 2.75) is 44.7 Å². The highest BCUT2D eigenvalue weighted by molar-refractivity contribution is 6.11. The third-order valence-corrected chi connectivity index (χ3v) is 3.85. The Hall–Kier alpha value is -0.315. The van der Waals surface area contributed by atoms with Crippen molar-refractivity contribution in [2.75, 3.05) is 27.9 Å². The second kappa shape index (κ2) is 7.98. The summed E-state index contributed by atoms with van der Waals surface area (Å²) in [6, 6.07) is 0. The first-order valence-corrected chi connectivity index (χ1v) is 6.34. The van der Waals surface area contributed by atoms with Crippen LogP contribution in [-0.4, -0.2) is 47.5 Å². The summed E-state index contributed by atoms with van der Waals surface area (Å²) in [4.78, 5) is 0. The maximum absolute atomic E-state index is 5.92. The molecule has 0 heterocycles. The minimum absolute atomic E-state index is 0.0763. The van der Waals surface area contributed by atoms with Crippen LogP contribution < -0.4 is 0 Å². The summed E-state index contributed by atoms with van der Waals surface area (Å²) in [5.74, 6) is 0.313. The topological polar surface area (TPSA) is 27.7 Å². The molecule has 0 saturated heterocycles. The Morgan fingerprint density at radius 3 is 2.11 bits per heavy atom. The van der Waals surface area contributed by atoms with E-state index in [4.69, 9.17) is 22.1 Å². The van der Waals surface area contributed by atoms with Gasteiger partial charge in [-0.25, -0.2) is 0 Å². The smallest absolute Gasteiger partial charge is 0.120 e. The molecule has 18 heavy (non-hydrogen) atoms. The number of ether oxygens (including phenoxy) is 3. The van der Waals surface area contributed by atoms with Crippen LogP contribution in [0.15, 0.2) is 12.2 Å². The predicted molar refractivity (Wildman–Crippen MR) is 76.2 cm³/mol. The van der Waals surface area contributed by atoms with Gasteiger partial charge < -0.3 is 14.2 Å². The van der Waals surface area contributed by atoms with Gasteiger partial charge in [0.05, 0.1) is 20.6 Å². The van der Waals surface area contributed by atoms with E-state index in [-0.39, 0.29) is 17.8 Å². The van der Waals surface area contributed by atoms with Crippen LogP contribution in [0.2, 0.25) is 5.82 Å². The molecule has 0 aromatic heterocycles. The van der Waals surface area contributed by atoms with Crippen molar-refractivity contribution in [3.05, 3.63) is 12.2 Å². The molecule has 0 spiro atoms. The Balaban J connectivity index is 4.93. The molecule has 0 saturated carbocycles. The summed E-state index contributed by atoms with van der Waals surface area (Å²) >= 11 is 0. The summed E-state index contributed by atoms with van der Waals surface area (Å²) in [5.41, 5.74) is 0.553. The monoisotopic (exact) mass is 254 g/mol. The molecule has 0 aromatic rings. The molecule has 0 aliphatic rings. The molecule has 0 bridgehead atoms. The third kappa shape index (κ3) is 4.41. The van der Waals surface area contributed by atoms with Crippen molar-refractivity contribution >= 4 is 7.85 Å². The number of hydrogen-bond acceptors (Lipinski definition) is 3. The predicted octanol–water partition coefficient (Wildman–Crippen LogP) is 2.61. The fourth-order valence-corrected chi connectivity index (χ4v) is 1.99. The van der Waals surface area contributed by atoms with Crippen LogP contribution in [0.4, 0.5) is 0 Å². The van der Waals surface area contributed by atoms with E-state index in [0.717, 1.165) is 5.57 Å². The van der Waals surface area contributed by atoms with Gasteiger partial charge in [-0.05, 0) is 12.8 Å². The molecule has 0 fully saturated rings. The van der Waals surface area contributed by atoms with E-state index in [2.05, 4.69) is 13.5 Å². The van der Waals surface area contributed by atoms with E-state index in [1.54, 1.807) is 21.3 Å². The maximum Gasteiger partial charge on any atom is 0.120 e. The van der Waals surface area contributed by atoms with Gasteiger partial charge in [-0.2, -0.15) is 0 Å². The molecule has 104 valence electrons. The van der Waals surface area contributed by atoms with Gasteiger partial charge >= 0.3 is 0 Å². The highest BCUT2D eigenvalue weighted by Gasteiger charge is 2.38. The second-order valence-electron chi connectivity index (χ2n) is 5.06. The van der Waals surface area contributed by atoms with Gasteiger partial charge in [0.25, 0.3) is 0 Å². The minimum atomic E-state index is -0.510. The zero-order valence-electron chi connectivity index (χ0n) is 12.7. The Labute approximate surface area is 113 Å². The molecule has 0 rings (SSSR count). The van der Waals surface area contributed by atoms with Crippen LogP contribution in [0, 0.1) is 5.92 Å². The average Bonchev–Trinajstić information content (AvgIpc) is 2.35. The highest BCUT2D eigenvalue weighted by atomic mass is 16.6. The van der Waals surface area contributed by atoms with E-state index < -0.39 is 5.60 Å². The Morgan fingerprint density at radius 1 is 1.22 bits per heavy atom. The van der Waals surface area contributed by atoms with E-state index in [1.807, 2.05) is 13.8 Å². The van der Waals surface area contributed by atoms with Crippen molar-refractivity contribution in [2.24, 2.45) is 5.92 Å². The second-order valence-corrected chi connectivity index (χ2v) is 5.06. The molecular weight excluding hydrogens is 227 g/mol. The van der Waals surface area contributed by atoms with Crippen molar-refractivity contribution in [1.82, 2.24) is 0 Å². The van der Waals surface area contributed by atoms with Gasteiger partial charge in [-0.1, -0.05) is 31.8 Å². The zero-order chi connectivity index (χ0) is 14.3. The lowest BCUT2D eigenvalue weighted by Gasteiger charge is -2.38. The molecular formula is C14H27BO3. The van der Waals surface area contributed by atoms with Crippen molar-refractivity contribution in [3.63, 3.8) is 0 Å². The van der Waals surface area contributed by atoms with Gasteiger partial charge in [-0.3, -0.25) is 0 Å². The molecule has 3 nitrogen and oxygen atoms in total. The zero-order valence-corrected chi connectivity index (χ0v) is 12.7. The van der Waals surface area contributed by atoms with Crippen LogP contribution in [-0.2, 0) is 14.2 Å². The molecule has 0 N–H and O–H groups in total. The van der Waals surface area contributed by atoms with Gasteiger partial charge in [0.1, 0.15) is 5.60 Å². The minimum Gasteiger partial charge on any atom is -0.382 e. The van der Waals surface area contributed by atoms with Gasteiger partial charge in [0.2, 0.25) is 0 Å². The first-order chi connectivity index (χ1) is 8.34. The van der Waals surface area contributed by atoms with Crippen LogP contribution >= 0.6 is 0 Å². The lowest BCUT2D eigenvalue weighted by Crippen LogP contribution is -2.48. The van der Waals surface area contributed by atoms with E-state index >= 15 is 0 Å². The Bertz CT molecular complexity index is 255. The van der Waals surface area contributed by atoms with Gasteiger partial charge in [-0.15, -0.1) is 0 Å². The van der Waals surface area contributed by atoms with Crippen molar-refractivity contribution < 1.29 is 14.2 Å². The van der Waals surface area contributed by atoms with Gasteiger partial charge in [0, 0.05) is 27.8 Å². The molecule has 4 heteroatoms. The van der Waals surface area contributed by atoms with Gasteiger partial charge in [0.15, 0.2) is 0 Å². The largest absolute Gasteiger partial charge is 0.382 e. The van der Waals surface area contributed by atoms with Crippen LogP contribution in [0.3, 0.4) is 0 Å². The molecule has 0 aliphatic carbocycles. The normalized spacial score (nSPS) is 19.9. The third-order valence-electron chi connectivity index (χ3n) is 3.85. The first-order valence-electron chi connectivity index (χ1n) is 6.34. The highest BCUT2D eigenvalue weighted by Crippen LogP contribution is 2.32. The lowest BCUT2D eigenvalue weighted by atomic mass is 9.73. The molecule has 1 unspecified atom stereocenters. The Morgan fingerprint density at radius 2 is 1.78 bits per heavy atom. The fraction of sp³-hybridized carbons (Fsp3) is 0.857. The molecule has 4 atom stereocenters. The van der Waals surface area contributed by atoms with Crippen LogP contribution in [0.25, 0.3) is 0 Å². The van der Waals surface area contributed by atoms with E-state index in [0.29, 0.717) is 13.0 Å². The quantitative estimate of drug-likeness (QED) is 0.467. The first kappa shape index (κ1) is 17.7. The number of rotatable bonds is 9. The fourth-order valence-electron chi connectivity index (χ4n) is 1.99. The summed E-state index contributed by atoms with van der Waals surface area (Å²) < 4.78 is 16.4. The summed E-state index contributed by atoms with van der Waals surface area (Å²) in [7, 11) is 10.9. The number of methoxy groups -OCH3 is 3. The molecule has 0 aromatic carbocycles. The summed E-state index contributed by atoms with van der Waals surface area (Å²) in [5, 5.41) is 0. The van der Waals surface area contributed by atoms with Crippen molar-refractivity contribution in [1.29, 1.82) is 0 Å². The standard InChI is InChI=1S/C14H27BO3/c1-10(11(2)12(3)15)8-14(18-7,9-16-5)13(4)17-6/h11-13H,1,8-9H2,2-7H3/t11-,12?,13-,14-/m0/s1. The Kier molecular flexibility index (Phi) is 7.84. The van der Waals surface area contributed by atoms with Crippen LogP contribution in [0.5, 0.6) is 0 Å². The average molecular weight is 254 g/mol. The van der Waals surface area contributed by atoms with Crippen LogP contribution in [0.1, 0.15) is 27.2 Å². The lowest BCUT2D eigenvalue weighted by molar-refractivity contribution is -0.141. The molecule has 0 aliphatic heterocycles. The van der Waals surface area contributed by atoms with Crippen molar-refractivity contribution in [3.8, 4) is 0 Å². The maximum atomic E-state index is 5.92. The van der Waals surface area contributed by atoms with E-state index in [9.17, 15) is 0 Å².